The van der Waals surface area contributed by atoms with Crippen LogP contribution in [0.1, 0.15) is 67.3 Å². The molecule has 1 aromatic carbocycles. The van der Waals surface area contributed by atoms with Gasteiger partial charge >= 0.3 is 12.3 Å². The van der Waals surface area contributed by atoms with Crippen molar-refractivity contribution in [3.63, 3.8) is 0 Å². The van der Waals surface area contributed by atoms with E-state index >= 15 is 0 Å². The molecule has 2 atom stereocenters. The maximum absolute atomic E-state index is 13.5. The number of likely N-dealkylation sites (tertiary alicyclic amines) is 1. The highest BCUT2D eigenvalue weighted by atomic mass is 32.1. The summed E-state index contributed by atoms with van der Waals surface area (Å²) < 4.78 is 48.2. The van der Waals surface area contributed by atoms with E-state index in [2.05, 4.69) is 10.3 Å². The number of thiazole rings is 1. The van der Waals surface area contributed by atoms with Crippen molar-refractivity contribution in [2.75, 3.05) is 25.0 Å². The average Bonchev–Trinajstić information content (AvgIpc) is 3.58. The fraction of sp³-hybridized carbons (Fsp3) is 0.577. The van der Waals surface area contributed by atoms with Crippen molar-refractivity contribution in [1.82, 2.24) is 9.47 Å². The molecular weight excluding hydrogens is 521 g/mol. The van der Waals surface area contributed by atoms with Gasteiger partial charge in [-0.25, -0.2) is 4.79 Å². The zero-order chi connectivity index (χ0) is 27.7. The number of ether oxygens (including phenoxy) is 1. The molecule has 0 spiro atoms. The first kappa shape index (κ1) is 28.2. The zero-order valence-corrected chi connectivity index (χ0v) is 22.5. The summed E-state index contributed by atoms with van der Waals surface area (Å²) in [6.45, 7) is 7.86. The van der Waals surface area contributed by atoms with Crippen LogP contribution in [0, 0.1) is 0 Å². The quantitative estimate of drug-likeness (QED) is 0.503. The van der Waals surface area contributed by atoms with Gasteiger partial charge in [0.25, 0.3) is 5.91 Å². The Balaban J connectivity index is 1.69. The molecule has 1 aromatic heterocycles. The molecule has 38 heavy (non-hydrogen) atoms. The molecule has 2 fully saturated rings. The van der Waals surface area contributed by atoms with Crippen LogP contribution in [0.25, 0.3) is 0 Å². The Bertz CT molecular complexity index is 1240. The van der Waals surface area contributed by atoms with Gasteiger partial charge in [-0.1, -0.05) is 20.8 Å². The summed E-state index contributed by atoms with van der Waals surface area (Å²) in [6, 6.07) is 2.58. The highest BCUT2D eigenvalue weighted by Gasteiger charge is 2.33. The molecule has 2 aromatic rings. The number of halogens is 3. The van der Waals surface area contributed by atoms with Crippen LogP contribution >= 0.6 is 11.3 Å². The maximum Gasteiger partial charge on any atom is 0.416 e. The van der Waals surface area contributed by atoms with Crippen LogP contribution < -0.4 is 10.1 Å². The lowest BCUT2D eigenvalue weighted by Gasteiger charge is -2.23. The van der Waals surface area contributed by atoms with Gasteiger partial charge in [0, 0.05) is 36.5 Å². The molecule has 2 saturated heterocycles. The van der Waals surface area contributed by atoms with Crippen molar-refractivity contribution in [2.45, 2.75) is 76.7 Å². The SMILES string of the molecule is CC(C)(C)c1cn(C[C@H]2CCCO2)/c(=N/C(=O)c2cc(C(F)(F)F)ccc2NC[C@@H]2CCCN2C(=O)O)s1. The zero-order valence-electron chi connectivity index (χ0n) is 21.7. The summed E-state index contributed by atoms with van der Waals surface area (Å²) >= 11 is 1.33. The van der Waals surface area contributed by atoms with Crippen LogP contribution in [0.15, 0.2) is 29.4 Å². The van der Waals surface area contributed by atoms with Crippen molar-refractivity contribution < 1.29 is 32.6 Å². The summed E-state index contributed by atoms with van der Waals surface area (Å²) in [4.78, 5) is 31.9. The summed E-state index contributed by atoms with van der Waals surface area (Å²) in [5.41, 5.74) is -1.19. The predicted molar refractivity (Wildman–Crippen MR) is 138 cm³/mol. The number of benzene rings is 1. The molecule has 2 aliphatic rings. The third-order valence-electron chi connectivity index (χ3n) is 6.81. The Kier molecular flexibility index (Phi) is 8.22. The predicted octanol–water partition coefficient (Wildman–Crippen LogP) is 5.34. The highest BCUT2D eigenvalue weighted by molar-refractivity contribution is 7.09. The number of amides is 2. The number of aromatic nitrogens is 1. The van der Waals surface area contributed by atoms with Crippen molar-refractivity contribution in [3.05, 3.63) is 45.2 Å². The standard InChI is InChI=1S/C26H33F3N4O4S/c1-25(2,3)21-15-32(14-18-7-5-11-37-18)23(38-21)31-22(34)19-12-16(26(27,28)29)8-9-20(19)30-13-17-6-4-10-33(17)24(35)36/h8-9,12,15,17-18,30H,4-7,10-11,13-14H2,1-3H3,(H,35,36)/b31-23-/t17-,18+/m0/s1. The first-order valence-electron chi connectivity index (χ1n) is 12.7. The third-order valence-corrected chi connectivity index (χ3v) is 8.26. The van der Waals surface area contributed by atoms with Gasteiger partial charge in [0.2, 0.25) is 0 Å². The second-order valence-electron chi connectivity index (χ2n) is 10.7. The van der Waals surface area contributed by atoms with Crippen molar-refractivity contribution in [2.24, 2.45) is 4.99 Å². The minimum absolute atomic E-state index is 0.0131. The molecule has 0 unspecified atom stereocenters. The van der Waals surface area contributed by atoms with Crippen molar-refractivity contribution >= 4 is 29.0 Å². The van der Waals surface area contributed by atoms with Crippen LogP contribution in [0.5, 0.6) is 0 Å². The third kappa shape index (κ3) is 6.58. The van der Waals surface area contributed by atoms with Crippen LogP contribution in [0.3, 0.4) is 0 Å². The minimum atomic E-state index is -4.64. The van der Waals surface area contributed by atoms with Gasteiger partial charge in [0.05, 0.1) is 29.8 Å². The monoisotopic (exact) mass is 554 g/mol. The Morgan fingerprint density at radius 3 is 2.61 bits per heavy atom. The summed E-state index contributed by atoms with van der Waals surface area (Å²) in [5, 5.41) is 12.4. The van der Waals surface area contributed by atoms with Gasteiger partial charge in [-0.3, -0.25) is 4.79 Å². The lowest BCUT2D eigenvalue weighted by Crippen LogP contribution is -2.38. The average molecular weight is 555 g/mol. The molecule has 0 aliphatic carbocycles. The number of nitrogens with zero attached hydrogens (tertiary/aromatic N) is 3. The fourth-order valence-electron chi connectivity index (χ4n) is 4.68. The van der Waals surface area contributed by atoms with Gasteiger partial charge in [-0.05, 0) is 49.3 Å². The number of nitrogens with one attached hydrogen (secondary N) is 1. The molecule has 3 heterocycles. The first-order valence-corrected chi connectivity index (χ1v) is 13.5. The number of carbonyl (C=O) groups is 2. The molecule has 2 N–H and O–H groups in total. The summed E-state index contributed by atoms with van der Waals surface area (Å²) in [6.07, 6.45) is -0.597. The molecule has 2 amide bonds. The van der Waals surface area contributed by atoms with E-state index in [-0.39, 0.29) is 35.4 Å². The molecule has 208 valence electrons. The Morgan fingerprint density at radius 1 is 1.21 bits per heavy atom. The smallest absolute Gasteiger partial charge is 0.416 e. The summed E-state index contributed by atoms with van der Waals surface area (Å²) in [7, 11) is 0. The lowest BCUT2D eigenvalue weighted by molar-refractivity contribution is -0.137. The number of carboxylic acid groups (broad SMARTS) is 1. The second kappa shape index (κ2) is 11.1. The maximum atomic E-state index is 13.5. The van der Waals surface area contributed by atoms with Crippen LogP contribution in [-0.2, 0) is 22.9 Å². The van der Waals surface area contributed by atoms with Gasteiger partial charge in [0.15, 0.2) is 4.80 Å². The Labute approximate surface area is 223 Å². The van der Waals surface area contributed by atoms with E-state index in [1.165, 1.54) is 22.3 Å². The van der Waals surface area contributed by atoms with E-state index in [0.29, 0.717) is 37.3 Å². The number of anilines is 1. The van der Waals surface area contributed by atoms with Gasteiger partial charge in [0.1, 0.15) is 0 Å². The van der Waals surface area contributed by atoms with Crippen molar-refractivity contribution in [3.8, 4) is 0 Å². The molecular formula is C26H33F3N4O4S. The number of alkyl halides is 3. The number of hydrogen-bond acceptors (Lipinski definition) is 5. The van der Waals surface area contributed by atoms with Gasteiger partial charge < -0.3 is 24.6 Å². The lowest BCUT2D eigenvalue weighted by atomic mass is 9.95. The molecule has 0 saturated carbocycles. The van der Waals surface area contributed by atoms with E-state index < -0.39 is 23.7 Å². The van der Waals surface area contributed by atoms with E-state index in [0.717, 1.165) is 29.9 Å². The topological polar surface area (TPSA) is 96.2 Å². The molecule has 12 heteroatoms. The first-order chi connectivity index (χ1) is 17.8. The Hall–Kier alpha value is -2.86. The molecule has 4 rings (SSSR count). The molecule has 2 aliphatic heterocycles. The van der Waals surface area contributed by atoms with E-state index in [1.54, 1.807) is 0 Å². The largest absolute Gasteiger partial charge is 0.465 e. The normalized spacial score (nSPS) is 20.8. The van der Waals surface area contributed by atoms with Gasteiger partial charge in [-0.15, -0.1) is 11.3 Å². The van der Waals surface area contributed by atoms with Crippen LogP contribution in [0.4, 0.5) is 23.7 Å². The molecule has 0 bridgehead atoms. The molecule has 8 nitrogen and oxygen atoms in total. The van der Waals surface area contributed by atoms with E-state index in [1.807, 2.05) is 31.5 Å². The van der Waals surface area contributed by atoms with E-state index in [4.69, 9.17) is 4.74 Å². The van der Waals surface area contributed by atoms with Crippen LogP contribution in [-0.4, -0.2) is 58.4 Å². The second-order valence-corrected chi connectivity index (χ2v) is 11.8. The highest BCUT2D eigenvalue weighted by Crippen LogP contribution is 2.33. The van der Waals surface area contributed by atoms with Crippen molar-refractivity contribution in [1.29, 1.82) is 0 Å². The number of hydrogen-bond donors (Lipinski definition) is 2. The van der Waals surface area contributed by atoms with Gasteiger partial charge in [-0.2, -0.15) is 18.2 Å². The van der Waals surface area contributed by atoms with E-state index in [9.17, 15) is 27.9 Å². The molecule has 0 radical (unpaired) electrons. The fourth-order valence-corrected chi connectivity index (χ4v) is 5.73. The summed E-state index contributed by atoms with van der Waals surface area (Å²) in [5.74, 6) is -0.802. The minimum Gasteiger partial charge on any atom is -0.465 e. The number of carbonyl (C=O) groups excluding carboxylic acids is 1. The number of rotatable bonds is 6. The van der Waals surface area contributed by atoms with Crippen LogP contribution in [0.2, 0.25) is 0 Å². The Morgan fingerprint density at radius 2 is 1.97 bits per heavy atom.